The quantitative estimate of drug-likeness (QED) is 0.784. The Labute approximate surface area is 146 Å². The van der Waals surface area contributed by atoms with Crippen molar-refractivity contribution in [2.45, 2.75) is 19.8 Å². The van der Waals surface area contributed by atoms with Crippen molar-refractivity contribution in [2.75, 3.05) is 13.7 Å². The standard InChI is InChI=1S/C19H20ClNO3/c1-13-11-16(20)6-5-15(13)12-18(22)19(23)21-10-9-14-3-7-17(24-2)8-4-14/h3-8,11H,9-10,12H2,1-2H3,(H,21,23). The molecule has 1 N–H and O–H groups in total. The van der Waals surface area contributed by atoms with Gasteiger partial charge in [-0.1, -0.05) is 29.8 Å². The van der Waals surface area contributed by atoms with Crippen LogP contribution in [0.2, 0.25) is 5.02 Å². The first-order valence-electron chi connectivity index (χ1n) is 7.68. The van der Waals surface area contributed by atoms with Crippen LogP contribution in [-0.4, -0.2) is 25.3 Å². The smallest absolute Gasteiger partial charge is 0.287 e. The van der Waals surface area contributed by atoms with Gasteiger partial charge in [0.15, 0.2) is 0 Å². The fourth-order valence-electron chi connectivity index (χ4n) is 2.32. The van der Waals surface area contributed by atoms with Crippen molar-refractivity contribution in [1.82, 2.24) is 5.32 Å². The van der Waals surface area contributed by atoms with Gasteiger partial charge in [-0.05, 0) is 54.3 Å². The number of hydrogen-bond acceptors (Lipinski definition) is 3. The molecule has 2 rings (SSSR count). The maximum absolute atomic E-state index is 12.0. The Bertz CT molecular complexity index is 726. The summed E-state index contributed by atoms with van der Waals surface area (Å²) in [4.78, 5) is 23.9. The van der Waals surface area contributed by atoms with Gasteiger partial charge in [0.1, 0.15) is 5.75 Å². The van der Waals surface area contributed by atoms with E-state index >= 15 is 0 Å². The van der Waals surface area contributed by atoms with Crippen LogP contribution in [-0.2, 0) is 22.4 Å². The minimum Gasteiger partial charge on any atom is -0.497 e. The summed E-state index contributed by atoms with van der Waals surface area (Å²) in [6.45, 7) is 2.28. The summed E-state index contributed by atoms with van der Waals surface area (Å²) in [5.74, 6) is -0.218. The van der Waals surface area contributed by atoms with Gasteiger partial charge in [-0.25, -0.2) is 0 Å². The van der Waals surface area contributed by atoms with Crippen molar-refractivity contribution < 1.29 is 14.3 Å². The Morgan fingerprint density at radius 1 is 1.12 bits per heavy atom. The van der Waals surface area contributed by atoms with Crippen LogP contribution < -0.4 is 10.1 Å². The second-order valence-electron chi connectivity index (χ2n) is 5.52. The molecule has 2 aromatic carbocycles. The predicted molar refractivity (Wildman–Crippen MR) is 94.6 cm³/mol. The predicted octanol–water partition coefficient (Wildman–Crippen LogP) is 3.13. The van der Waals surface area contributed by atoms with Gasteiger partial charge in [0, 0.05) is 18.0 Å². The van der Waals surface area contributed by atoms with Crippen LogP contribution in [0.4, 0.5) is 0 Å². The minimum absolute atomic E-state index is 0.0807. The van der Waals surface area contributed by atoms with E-state index in [2.05, 4.69) is 5.32 Å². The molecule has 0 spiro atoms. The average molecular weight is 346 g/mol. The number of carbonyl (C=O) groups is 2. The Balaban J connectivity index is 1.81. The normalized spacial score (nSPS) is 10.3. The number of carbonyl (C=O) groups excluding carboxylic acids is 2. The molecule has 0 unspecified atom stereocenters. The zero-order valence-corrected chi connectivity index (χ0v) is 14.5. The van der Waals surface area contributed by atoms with E-state index in [9.17, 15) is 9.59 Å². The van der Waals surface area contributed by atoms with Crippen molar-refractivity contribution in [3.05, 3.63) is 64.2 Å². The van der Waals surface area contributed by atoms with Crippen LogP contribution in [0.5, 0.6) is 5.75 Å². The van der Waals surface area contributed by atoms with E-state index in [4.69, 9.17) is 16.3 Å². The molecule has 24 heavy (non-hydrogen) atoms. The number of Topliss-reactive ketones (excluding diaryl/α,β-unsaturated/α-hetero) is 1. The number of amides is 1. The highest BCUT2D eigenvalue weighted by atomic mass is 35.5. The highest BCUT2D eigenvalue weighted by Crippen LogP contribution is 2.16. The van der Waals surface area contributed by atoms with E-state index in [1.54, 1.807) is 25.3 Å². The molecule has 2 aromatic rings. The number of methoxy groups -OCH3 is 1. The van der Waals surface area contributed by atoms with Crippen LogP contribution in [0.3, 0.4) is 0 Å². The first-order valence-corrected chi connectivity index (χ1v) is 8.06. The summed E-state index contributed by atoms with van der Waals surface area (Å²) in [7, 11) is 1.61. The van der Waals surface area contributed by atoms with Crippen molar-refractivity contribution in [2.24, 2.45) is 0 Å². The van der Waals surface area contributed by atoms with Crippen LogP contribution in [0, 0.1) is 6.92 Å². The first-order chi connectivity index (χ1) is 11.5. The first kappa shape index (κ1) is 18.0. The molecule has 1 amide bonds. The molecule has 126 valence electrons. The number of aryl methyl sites for hydroxylation is 1. The fourth-order valence-corrected chi connectivity index (χ4v) is 2.55. The third-order valence-corrected chi connectivity index (χ3v) is 4.00. The Morgan fingerprint density at radius 3 is 2.46 bits per heavy atom. The summed E-state index contributed by atoms with van der Waals surface area (Å²) in [6, 6.07) is 12.9. The molecule has 0 aromatic heterocycles. The molecule has 0 saturated heterocycles. The molecular weight excluding hydrogens is 326 g/mol. The van der Waals surface area contributed by atoms with E-state index in [0.29, 0.717) is 18.0 Å². The number of hydrogen-bond donors (Lipinski definition) is 1. The monoisotopic (exact) mass is 345 g/mol. The molecule has 0 radical (unpaired) electrons. The SMILES string of the molecule is COc1ccc(CCNC(=O)C(=O)Cc2ccc(Cl)cc2C)cc1. The second-order valence-corrected chi connectivity index (χ2v) is 5.96. The lowest BCUT2D eigenvalue weighted by atomic mass is 10.0. The van der Waals surface area contributed by atoms with E-state index in [1.807, 2.05) is 31.2 Å². The van der Waals surface area contributed by atoms with Crippen molar-refractivity contribution >= 4 is 23.3 Å². The molecule has 0 bridgehead atoms. The fraction of sp³-hybridized carbons (Fsp3) is 0.263. The zero-order chi connectivity index (χ0) is 17.5. The zero-order valence-electron chi connectivity index (χ0n) is 13.8. The van der Waals surface area contributed by atoms with Gasteiger partial charge in [-0.3, -0.25) is 9.59 Å². The van der Waals surface area contributed by atoms with Gasteiger partial charge in [0.05, 0.1) is 7.11 Å². The summed E-state index contributed by atoms with van der Waals surface area (Å²) < 4.78 is 5.09. The largest absolute Gasteiger partial charge is 0.497 e. The maximum atomic E-state index is 12.0. The molecule has 0 aliphatic heterocycles. The van der Waals surface area contributed by atoms with E-state index < -0.39 is 11.7 Å². The molecular formula is C19H20ClNO3. The minimum atomic E-state index is -0.558. The number of ketones is 1. The van der Waals surface area contributed by atoms with Gasteiger partial charge in [0.2, 0.25) is 5.78 Å². The van der Waals surface area contributed by atoms with Crippen LogP contribution in [0.1, 0.15) is 16.7 Å². The summed E-state index contributed by atoms with van der Waals surface area (Å²) in [5.41, 5.74) is 2.79. The number of benzene rings is 2. The van der Waals surface area contributed by atoms with Gasteiger partial charge >= 0.3 is 0 Å². The summed E-state index contributed by atoms with van der Waals surface area (Å²) in [5, 5.41) is 3.28. The molecule has 0 aliphatic rings. The highest BCUT2D eigenvalue weighted by Gasteiger charge is 2.15. The van der Waals surface area contributed by atoms with Crippen molar-refractivity contribution in [3.63, 3.8) is 0 Å². The maximum Gasteiger partial charge on any atom is 0.287 e. The molecule has 0 fully saturated rings. The number of halogens is 1. The Hall–Kier alpha value is -2.33. The second kappa shape index (κ2) is 8.50. The van der Waals surface area contributed by atoms with Crippen LogP contribution >= 0.6 is 11.6 Å². The molecule has 4 nitrogen and oxygen atoms in total. The number of nitrogens with one attached hydrogen (secondary N) is 1. The topological polar surface area (TPSA) is 55.4 Å². The lowest BCUT2D eigenvalue weighted by Gasteiger charge is -2.07. The molecule has 0 saturated carbocycles. The Morgan fingerprint density at radius 2 is 1.83 bits per heavy atom. The lowest BCUT2D eigenvalue weighted by Crippen LogP contribution is -2.33. The van der Waals surface area contributed by atoms with E-state index in [-0.39, 0.29) is 6.42 Å². The molecule has 5 heteroatoms. The van der Waals surface area contributed by atoms with Gasteiger partial charge in [-0.2, -0.15) is 0 Å². The van der Waals surface area contributed by atoms with Gasteiger partial charge in [0.25, 0.3) is 5.91 Å². The third-order valence-electron chi connectivity index (χ3n) is 3.77. The molecule has 0 atom stereocenters. The molecule has 0 heterocycles. The van der Waals surface area contributed by atoms with Crippen LogP contribution in [0.25, 0.3) is 0 Å². The van der Waals surface area contributed by atoms with Gasteiger partial charge < -0.3 is 10.1 Å². The van der Waals surface area contributed by atoms with E-state index in [0.717, 1.165) is 22.4 Å². The van der Waals surface area contributed by atoms with Crippen LogP contribution in [0.15, 0.2) is 42.5 Å². The lowest BCUT2D eigenvalue weighted by molar-refractivity contribution is -0.137. The van der Waals surface area contributed by atoms with Crippen molar-refractivity contribution in [3.8, 4) is 5.75 Å². The average Bonchev–Trinajstić information content (AvgIpc) is 2.57. The van der Waals surface area contributed by atoms with E-state index in [1.165, 1.54) is 0 Å². The summed E-state index contributed by atoms with van der Waals surface area (Å²) >= 11 is 5.89. The number of rotatable bonds is 7. The van der Waals surface area contributed by atoms with Gasteiger partial charge in [-0.15, -0.1) is 0 Å². The highest BCUT2D eigenvalue weighted by molar-refractivity contribution is 6.36. The third kappa shape index (κ3) is 5.10. The summed E-state index contributed by atoms with van der Waals surface area (Å²) in [6.07, 6.45) is 0.736. The Kier molecular flexibility index (Phi) is 6.38. The molecule has 0 aliphatic carbocycles. The number of ether oxygens (including phenoxy) is 1. The van der Waals surface area contributed by atoms with Crippen molar-refractivity contribution in [1.29, 1.82) is 0 Å².